The predicted molar refractivity (Wildman–Crippen MR) is 70.7 cm³/mol. The van der Waals surface area contributed by atoms with E-state index in [1.165, 1.54) is 11.1 Å². The molecule has 0 amide bonds. The number of thiophene rings is 1. The normalized spacial score (nSPS) is 12.0. The summed E-state index contributed by atoms with van der Waals surface area (Å²) >= 11 is 1.72. The van der Waals surface area contributed by atoms with Crippen LogP contribution >= 0.6 is 11.3 Å². The zero-order valence-electron chi connectivity index (χ0n) is 9.68. The molecule has 0 aliphatic rings. The second kappa shape index (κ2) is 5.62. The quantitative estimate of drug-likeness (QED) is 0.891. The molecule has 1 atom stereocenters. The summed E-state index contributed by atoms with van der Waals surface area (Å²) in [5, 5.41) is 16.4. The fraction of sp³-hybridized carbons (Fsp3) is 0.214. The van der Waals surface area contributed by atoms with Gasteiger partial charge in [-0.25, -0.2) is 0 Å². The number of rotatable bonds is 4. The summed E-state index contributed by atoms with van der Waals surface area (Å²) in [6.07, 6.45) is 0. The van der Waals surface area contributed by atoms with E-state index in [-0.39, 0.29) is 0 Å². The van der Waals surface area contributed by atoms with Crippen LogP contribution in [-0.2, 0) is 6.54 Å². The van der Waals surface area contributed by atoms with Crippen LogP contribution in [0.4, 0.5) is 0 Å². The lowest BCUT2D eigenvalue weighted by atomic mass is 10.1. The SMILES string of the molecule is CC(NCc1ccc(C#N)cc1)c1ccsc1. The van der Waals surface area contributed by atoms with Crippen molar-refractivity contribution in [1.29, 1.82) is 5.26 Å². The van der Waals surface area contributed by atoms with E-state index in [1.807, 2.05) is 24.3 Å². The van der Waals surface area contributed by atoms with E-state index in [9.17, 15) is 0 Å². The van der Waals surface area contributed by atoms with Crippen LogP contribution in [0.2, 0.25) is 0 Å². The third-order valence-electron chi connectivity index (χ3n) is 2.74. The second-order valence-electron chi connectivity index (χ2n) is 3.97. The molecule has 86 valence electrons. The standard InChI is InChI=1S/C14H14N2S/c1-11(14-6-7-17-10-14)16-9-13-4-2-12(8-15)3-5-13/h2-7,10-11,16H,9H2,1H3. The fourth-order valence-corrected chi connectivity index (χ4v) is 2.36. The van der Waals surface area contributed by atoms with Gasteiger partial charge in [-0.05, 0) is 47.0 Å². The number of nitrogens with one attached hydrogen (secondary N) is 1. The van der Waals surface area contributed by atoms with Gasteiger partial charge >= 0.3 is 0 Å². The highest BCUT2D eigenvalue weighted by atomic mass is 32.1. The zero-order valence-corrected chi connectivity index (χ0v) is 10.5. The van der Waals surface area contributed by atoms with Crippen LogP contribution in [0.5, 0.6) is 0 Å². The molecule has 1 aromatic carbocycles. The molecule has 1 unspecified atom stereocenters. The van der Waals surface area contributed by atoms with Crippen molar-refractivity contribution < 1.29 is 0 Å². The van der Waals surface area contributed by atoms with Crippen LogP contribution in [0.3, 0.4) is 0 Å². The first-order valence-corrected chi connectivity index (χ1v) is 6.48. The maximum Gasteiger partial charge on any atom is 0.0991 e. The van der Waals surface area contributed by atoms with Crippen LogP contribution in [0, 0.1) is 11.3 Å². The summed E-state index contributed by atoms with van der Waals surface area (Å²) in [6.45, 7) is 2.98. The summed E-state index contributed by atoms with van der Waals surface area (Å²) in [6, 6.07) is 12.3. The van der Waals surface area contributed by atoms with Crippen LogP contribution in [-0.4, -0.2) is 0 Å². The third-order valence-corrected chi connectivity index (χ3v) is 3.44. The number of benzene rings is 1. The molecule has 2 rings (SSSR count). The number of nitrogens with zero attached hydrogens (tertiary/aromatic N) is 1. The summed E-state index contributed by atoms with van der Waals surface area (Å²) in [5.41, 5.74) is 3.23. The minimum absolute atomic E-state index is 0.358. The molecule has 0 aliphatic heterocycles. The lowest BCUT2D eigenvalue weighted by Gasteiger charge is -2.12. The first-order chi connectivity index (χ1) is 8.29. The van der Waals surface area contributed by atoms with Gasteiger partial charge in [-0.1, -0.05) is 12.1 Å². The molecular formula is C14H14N2S. The third kappa shape index (κ3) is 3.16. The van der Waals surface area contributed by atoms with E-state index < -0.39 is 0 Å². The minimum Gasteiger partial charge on any atom is -0.306 e. The summed E-state index contributed by atoms with van der Waals surface area (Å²) in [4.78, 5) is 0. The fourth-order valence-electron chi connectivity index (χ4n) is 1.61. The molecule has 2 nitrogen and oxygen atoms in total. The van der Waals surface area contributed by atoms with E-state index in [4.69, 9.17) is 5.26 Å². The van der Waals surface area contributed by atoms with Crippen LogP contribution in [0.1, 0.15) is 29.7 Å². The highest BCUT2D eigenvalue weighted by Crippen LogP contribution is 2.16. The number of hydrogen-bond donors (Lipinski definition) is 1. The van der Waals surface area contributed by atoms with Gasteiger partial charge in [0, 0.05) is 12.6 Å². The van der Waals surface area contributed by atoms with Gasteiger partial charge in [0.25, 0.3) is 0 Å². The van der Waals surface area contributed by atoms with Gasteiger partial charge in [0.2, 0.25) is 0 Å². The van der Waals surface area contributed by atoms with E-state index >= 15 is 0 Å². The number of hydrogen-bond acceptors (Lipinski definition) is 3. The molecule has 0 radical (unpaired) electrons. The molecule has 0 fully saturated rings. The van der Waals surface area contributed by atoms with E-state index in [2.05, 4.69) is 35.1 Å². The molecule has 1 aromatic heterocycles. The van der Waals surface area contributed by atoms with Crippen LogP contribution in [0.25, 0.3) is 0 Å². The van der Waals surface area contributed by atoms with E-state index in [0.29, 0.717) is 11.6 Å². The topological polar surface area (TPSA) is 35.8 Å². The molecule has 1 heterocycles. The van der Waals surface area contributed by atoms with Crippen LogP contribution < -0.4 is 5.32 Å². The molecule has 0 saturated heterocycles. The Labute approximate surface area is 106 Å². The summed E-state index contributed by atoms with van der Waals surface area (Å²) in [7, 11) is 0. The van der Waals surface area contributed by atoms with E-state index in [0.717, 1.165) is 6.54 Å². The first-order valence-electron chi connectivity index (χ1n) is 5.54. The maximum absolute atomic E-state index is 8.71. The molecule has 0 bridgehead atoms. The monoisotopic (exact) mass is 242 g/mol. The van der Waals surface area contributed by atoms with Crippen molar-refractivity contribution in [1.82, 2.24) is 5.32 Å². The van der Waals surface area contributed by atoms with Crippen molar-refractivity contribution >= 4 is 11.3 Å². The van der Waals surface area contributed by atoms with Gasteiger partial charge in [-0.2, -0.15) is 16.6 Å². The lowest BCUT2D eigenvalue weighted by molar-refractivity contribution is 0.576. The van der Waals surface area contributed by atoms with Crippen molar-refractivity contribution in [2.75, 3.05) is 0 Å². The van der Waals surface area contributed by atoms with Gasteiger partial charge in [-0.15, -0.1) is 0 Å². The molecule has 17 heavy (non-hydrogen) atoms. The van der Waals surface area contributed by atoms with Crippen LogP contribution in [0.15, 0.2) is 41.1 Å². The minimum atomic E-state index is 0.358. The highest BCUT2D eigenvalue weighted by Gasteiger charge is 2.04. The van der Waals surface area contributed by atoms with Crippen molar-refractivity contribution in [3.05, 3.63) is 57.8 Å². The molecule has 0 saturated carbocycles. The Morgan fingerprint density at radius 3 is 2.65 bits per heavy atom. The molecule has 2 aromatic rings. The molecule has 1 N–H and O–H groups in total. The number of nitriles is 1. The second-order valence-corrected chi connectivity index (χ2v) is 4.75. The zero-order chi connectivity index (χ0) is 12.1. The van der Waals surface area contributed by atoms with Crippen molar-refractivity contribution in [3.8, 4) is 6.07 Å². The van der Waals surface area contributed by atoms with Gasteiger partial charge < -0.3 is 5.32 Å². The Bertz CT molecular complexity index is 494. The Morgan fingerprint density at radius 2 is 2.06 bits per heavy atom. The largest absolute Gasteiger partial charge is 0.306 e. The Balaban J connectivity index is 1.91. The Morgan fingerprint density at radius 1 is 1.29 bits per heavy atom. The van der Waals surface area contributed by atoms with Crippen molar-refractivity contribution in [3.63, 3.8) is 0 Å². The maximum atomic E-state index is 8.71. The van der Waals surface area contributed by atoms with Crippen molar-refractivity contribution in [2.45, 2.75) is 19.5 Å². The molecule has 0 spiro atoms. The lowest BCUT2D eigenvalue weighted by Crippen LogP contribution is -2.17. The van der Waals surface area contributed by atoms with Gasteiger partial charge in [0.15, 0.2) is 0 Å². The average Bonchev–Trinajstić information content (AvgIpc) is 2.90. The summed E-state index contributed by atoms with van der Waals surface area (Å²) < 4.78 is 0. The Hall–Kier alpha value is -1.63. The summed E-state index contributed by atoms with van der Waals surface area (Å²) in [5.74, 6) is 0. The first kappa shape index (κ1) is 11.8. The predicted octanol–water partition coefficient (Wildman–Crippen LogP) is 3.47. The van der Waals surface area contributed by atoms with Gasteiger partial charge in [-0.3, -0.25) is 0 Å². The molecule has 3 heteroatoms. The van der Waals surface area contributed by atoms with Crippen molar-refractivity contribution in [2.24, 2.45) is 0 Å². The molecular weight excluding hydrogens is 228 g/mol. The van der Waals surface area contributed by atoms with Gasteiger partial charge in [0.1, 0.15) is 0 Å². The highest BCUT2D eigenvalue weighted by molar-refractivity contribution is 7.07. The van der Waals surface area contributed by atoms with E-state index in [1.54, 1.807) is 11.3 Å². The average molecular weight is 242 g/mol. The van der Waals surface area contributed by atoms with Gasteiger partial charge in [0.05, 0.1) is 11.6 Å². The smallest absolute Gasteiger partial charge is 0.0991 e. The Kier molecular flexibility index (Phi) is 3.92. The molecule has 0 aliphatic carbocycles.